The second-order valence-corrected chi connectivity index (χ2v) is 2.14. The van der Waals surface area contributed by atoms with Gasteiger partial charge in [0, 0.05) is 5.02 Å². The molecule has 0 aliphatic rings. The van der Waals surface area contributed by atoms with E-state index in [1.807, 2.05) is 0 Å². The molecule has 0 spiro atoms. The molecule has 1 aromatic rings. The minimum absolute atomic E-state index is 0.326. The second kappa shape index (κ2) is 2.40. The van der Waals surface area contributed by atoms with Crippen molar-refractivity contribution < 1.29 is 4.39 Å². The topological polar surface area (TPSA) is 0 Å². The molecule has 0 aromatic heterocycles. The third-order valence-electron chi connectivity index (χ3n) is 0.885. The summed E-state index contributed by atoms with van der Waals surface area (Å²) in [6.45, 7) is 0. The maximum absolute atomic E-state index is 12.3. The molecular formula is C6H3BClF. The summed E-state index contributed by atoms with van der Waals surface area (Å²) >= 11 is 5.43. The van der Waals surface area contributed by atoms with E-state index >= 15 is 0 Å². The van der Waals surface area contributed by atoms with Crippen LogP contribution in [0.5, 0.6) is 0 Å². The first-order valence-corrected chi connectivity index (χ1v) is 2.78. The number of hydrogen-bond donors (Lipinski definition) is 0. The molecule has 0 fully saturated rings. The molecule has 0 bridgehead atoms. The van der Waals surface area contributed by atoms with Gasteiger partial charge in [0.25, 0.3) is 0 Å². The lowest BCUT2D eigenvalue weighted by Gasteiger charge is -1.92. The highest BCUT2D eigenvalue weighted by molar-refractivity contribution is 6.36. The maximum atomic E-state index is 12.3. The second-order valence-electron chi connectivity index (χ2n) is 1.70. The van der Waals surface area contributed by atoms with E-state index in [0.29, 0.717) is 10.5 Å². The van der Waals surface area contributed by atoms with Crippen molar-refractivity contribution in [3.05, 3.63) is 29.0 Å². The van der Waals surface area contributed by atoms with Gasteiger partial charge in [0.1, 0.15) is 13.7 Å². The Bertz CT molecular complexity index is 174. The van der Waals surface area contributed by atoms with Crippen LogP contribution >= 0.6 is 11.6 Å². The van der Waals surface area contributed by atoms with Crippen LogP contribution in [0, 0.1) is 5.82 Å². The van der Waals surface area contributed by atoms with Crippen molar-refractivity contribution in [1.29, 1.82) is 0 Å². The van der Waals surface area contributed by atoms with Gasteiger partial charge in [-0.15, -0.1) is 0 Å². The molecule has 1 aromatic carbocycles. The van der Waals surface area contributed by atoms with Crippen LogP contribution in [0.25, 0.3) is 0 Å². The first kappa shape index (κ1) is 6.62. The van der Waals surface area contributed by atoms with Crippen molar-refractivity contribution in [1.82, 2.24) is 0 Å². The molecule has 9 heavy (non-hydrogen) atoms. The average Bonchev–Trinajstić information content (AvgIpc) is 1.59. The summed E-state index contributed by atoms with van der Waals surface area (Å²) in [4.78, 5) is 0. The van der Waals surface area contributed by atoms with E-state index in [9.17, 15) is 4.39 Å². The molecule has 0 saturated heterocycles. The largest absolute Gasteiger partial charge is 0.207 e. The highest BCUT2D eigenvalue weighted by atomic mass is 35.5. The van der Waals surface area contributed by atoms with Gasteiger partial charge in [-0.3, -0.25) is 0 Å². The summed E-state index contributed by atoms with van der Waals surface area (Å²) in [7, 11) is 5.24. The van der Waals surface area contributed by atoms with Gasteiger partial charge in [0.15, 0.2) is 0 Å². The Hall–Kier alpha value is -0.495. The molecule has 3 heteroatoms. The molecule has 0 unspecified atom stereocenters. The maximum Gasteiger partial charge on any atom is 0.124 e. The molecule has 0 N–H and O–H groups in total. The molecule has 0 heterocycles. The van der Waals surface area contributed by atoms with E-state index in [1.54, 1.807) is 0 Å². The lowest BCUT2D eigenvalue weighted by Crippen LogP contribution is -2.01. The monoisotopic (exact) mass is 140 g/mol. The molecular weight excluding hydrogens is 137 g/mol. The third-order valence-corrected chi connectivity index (χ3v) is 1.10. The molecule has 0 nitrogen and oxygen atoms in total. The normalized spacial score (nSPS) is 9.56. The third kappa shape index (κ3) is 1.72. The van der Waals surface area contributed by atoms with Gasteiger partial charge in [0.05, 0.1) is 0 Å². The zero-order valence-corrected chi connectivity index (χ0v) is 5.32. The van der Waals surface area contributed by atoms with E-state index in [2.05, 4.69) is 0 Å². The van der Waals surface area contributed by atoms with Crippen molar-refractivity contribution in [3.8, 4) is 0 Å². The van der Waals surface area contributed by atoms with Crippen LogP contribution in [-0.4, -0.2) is 7.85 Å². The van der Waals surface area contributed by atoms with Crippen LogP contribution in [0.2, 0.25) is 5.02 Å². The van der Waals surface area contributed by atoms with Crippen molar-refractivity contribution in [2.24, 2.45) is 0 Å². The standard InChI is InChI=1S/C6H3BClF/c7-4-1-5(8)3-6(9)2-4/h1-3H. The minimum atomic E-state index is -0.403. The predicted molar refractivity (Wildman–Crippen MR) is 36.8 cm³/mol. The van der Waals surface area contributed by atoms with Gasteiger partial charge in [0.2, 0.25) is 0 Å². The lowest BCUT2D eigenvalue weighted by molar-refractivity contribution is 0.629. The van der Waals surface area contributed by atoms with E-state index in [4.69, 9.17) is 19.4 Å². The van der Waals surface area contributed by atoms with E-state index < -0.39 is 5.82 Å². The molecule has 0 amide bonds. The molecule has 44 valence electrons. The van der Waals surface area contributed by atoms with Crippen LogP contribution in [0.1, 0.15) is 0 Å². The fraction of sp³-hybridized carbons (Fsp3) is 0. The van der Waals surface area contributed by atoms with Crippen LogP contribution in [0.15, 0.2) is 18.2 Å². The summed E-state index contributed by atoms with van der Waals surface area (Å²) in [5, 5.41) is 0.326. The van der Waals surface area contributed by atoms with Gasteiger partial charge in [-0.25, -0.2) is 4.39 Å². The number of rotatable bonds is 0. The number of hydrogen-bond acceptors (Lipinski definition) is 0. The number of benzene rings is 1. The van der Waals surface area contributed by atoms with E-state index in [0.717, 1.165) is 0 Å². The van der Waals surface area contributed by atoms with Gasteiger partial charge in [-0.1, -0.05) is 23.1 Å². The summed E-state index contributed by atoms with van der Waals surface area (Å²) in [5.74, 6) is -0.403. The van der Waals surface area contributed by atoms with Crippen molar-refractivity contribution >= 4 is 24.9 Å². The Labute approximate surface area is 59.1 Å². The van der Waals surface area contributed by atoms with E-state index in [-0.39, 0.29) is 0 Å². The quantitative estimate of drug-likeness (QED) is 0.476. The van der Waals surface area contributed by atoms with Gasteiger partial charge in [-0.2, -0.15) is 0 Å². The Balaban J connectivity index is 3.17. The zero-order chi connectivity index (χ0) is 6.85. The smallest absolute Gasteiger partial charge is 0.124 e. The SMILES string of the molecule is [B]c1cc(F)cc(Cl)c1. The Kier molecular flexibility index (Phi) is 1.77. The molecule has 1 rings (SSSR count). The first-order chi connectivity index (χ1) is 4.18. The van der Waals surface area contributed by atoms with Crippen LogP contribution in [-0.2, 0) is 0 Å². The Morgan fingerprint density at radius 1 is 1.33 bits per heavy atom. The Morgan fingerprint density at radius 2 is 2.00 bits per heavy atom. The van der Waals surface area contributed by atoms with E-state index in [1.165, 1.54) is 18.2 Å². The average molecular weight is 140 g/mol. The number of halogens is 2. The van der Waals surface area contributed by atoms with Gasteiger partial charge < -0.3 is 0 Å². The van der Waals surface area contributed by atoms with Crippen LogP contribution in [0.3, 0.4) is 0 Å². The minimum Gasteiger partial charge on any atom is -0.207 e. The van der Waals surface area contributed by atoms with Crippen molar-refractivity contribution in [2.45, 2.75) is 0 Å². The fourth-order valence-electron chi connectivity index (χ4n) is 0.575. The van der Waals surface area contributed by atoms with Gasteiger partial charge in [-0.05, 0) is 12.1 Å². The highest BCUT2D eigenvalue weighted by Gasteiger charge is 1.92. The predicted octanol–water partition coefficient (Wildman–Crippen LogP) is 1.27. The summed E-state index contributed by atoms with van der Waals surface area (Å²) < 4.78 is 12.3. The lowest BCUT2D eigenvalue weighted by atomic mass is 9.97. The van der Waals surface area contributed by atoms with Crippen LogP contribution in [0.4, 0.5) is 4.39 Å². The summed E-state index contributed by atoms with van der Waals surface area (Å²) in [6.07, 6.45) is 0. The summed E-state index contributed by atoms with van der Waals surface area (Å²) in [5.41, 5.74) is 0.347. The molecule has 2 radical (unpaired) electrons. The first-order valence-electron chi connectivity index (χ1n) is 2.40. The molecule has 0 aliphatic heterocycles. The molecule has 0 saturated carbocycles. The van der Waals surface area contributed by atoms with Gasteiger partial charge >= 0.3 is 0 Å². The fourth-order valence-corrected chi connectivity index (χ4v) is 0.805. The highest BCUT2D eigenvalue weighted by Crippen LogP contribution is 2.06. The van der Waals surface area contributed by atoms with Crippen LogP contribution < -0.4 is 5.46 Å². The Morgan fingerprint density at radius 3 is 2.44 bits per heavy atom. The van der Waals surface area contributed by atoms with Crippen molar-refractivity contribution in [2.75, 3.05) is 0 Å². The zero-order valence-electron chi connectivity index (χ0n) is 4.57. The summed E-state index contributed by atoms with van der Waals surface area (Å²) in [6, 6.07) is 3.91. The van der Waals surface area contributed by atoms with Crippen molar-refractivity contribution in [3.63, 3.8) is 0 Å². The molecule has 0 atom stereocenters. The molecule has 0 aliphatic carbocycles.